The molecule has 0 spiro atoms. The number of aromatic nitrogens is 3. The highest BCUT2D eigenvalue weighted by atomic mass is 19.4. The van der Waals surface area contributed by atoms with Crippen molar-refractivity contribution in [1.82, 2.24) is 20.3 Å². The van der Waals surface area contributed by atoms with Crippen molar-refractivity contribution in [3.05, 3.63) is 83.8 Å². The summed E-state index contributed by atoms with van der Waals surface area (Å²) >= 11 is 0. The number of halogens is 3. The highest BCUT2D eigenvalue weighted by Gasteiger charge is 2.30. The SMILES string of the molecule is NCCN(CCN)c1ncc(C[C@H](N)C(=O)N[C@@H](Cc2ccc(C(F)(F)F)cc2)C(=O)Nc2cnc3ccccc3c2)[nH]1. The second-order valence-electron chi connectivity index (χ2n) is 9.97. The van der Waals surface area contributed by atoms with Crippen LogP contribution in [0, 0.1) is 0 Å². The number of pyridine rings is 1. The topological polar surface area (TPSA) is 181 Å². The minimum Gasteiger partial charge on any atom is -0.343 e. The molecule has 2 atom stereocenters. The maximum Gasteiger partial charge on any atom is 0.416 e. The number of alkyl halides is 3. The zero-order chi connectivity index (χ0) is 31.0. The maximum absolute atomic E-state index is 13.4. The van der Waals surface area contributed by atoms with Crippen molar-refractivity contribution in [3.63, 3.8) is 0 Å². The molecule has 2 aromatic heterocycles. The number of nitrogens with two attached hydrogens (primary N) is 3. The normalized spacial score (nSPS) is 13.0. The summed E-state index contributed by atoms with van der Waals surface area (Å²) in [4.78, 5) is 40.2. The number of nitrogens with one attached hydrogen (secondary N) is 3. The Morgan fingerprint density at radius 1 is 0.930 bits per heavy atom. The third-order valence-electron chi connectivity index (χ3n) is 6.70. The molecule has 11 nitrogen and oxygen atoms in total. The highest BCUT2D eigenvalue weighted by Crippen LogP contribution is 2.29. The molecule has 0 saturated heterocycles. The summed E-state index contributed by atoms with van der Waals surface area (Å²) < 4.78 is 39.2. The van der Waals surface area contributed by atoms with Crippen molar-refractivity contribution in [2.24, 2.45) is 17.2 Å². The van der Waals surface area contributed by atoms with Gasteiger partial charge in [-0.15, -0.1) is 0 Å². The Morgan fingerprint density at radius 2 is 1.63 bits per heavy atom. The number of fused-ring (bicyclic) bond motifs is 1. The molecule has 0 radical (unpaired) electrons. The van der Waals surface area contributed by atoms with Gasteiger partial charge in [-0.05, 0) is 29.8 Å². The number of amides is 2. The molecule has 0 saturated carbocycles. The highest BCUT2D eigenvalue weighted by molar-refractivity contribution is 5.99. The van der Waals surface area contributed by atoms with E-state index in [4.69, 9.17) is 17.2 Å². The molecule has 43 heavy (non-hydrogen) atoms. The van der Waals surface area contributed by atoms with E-state index in [9.17, 15) is 22.8 Å². The van der Waals surface area contributed by atoms with E-state index in [1.54, 1.807) is 12.3 Å². The average Bonchev–Trinajstić information content (AvgIpc) is 3.44. The van der Waals surface area contributed by atoms with Crippen molar-refractivity contribution in [2.75, 3.05) is 36.4 Å². The van der Waals surface area contributed by atoms with Gasteiger partial charge in [-0.25, -0.2) is 4.98 Å². The van der Waals surface area contributed by atoms with Gasteiger partial charge in [0.25, 0.3) is 0 Å². The van der Waals surface area contributed by atoms with Crippen molar-refractivity contribution in [2.45, 2.75) is 31.1 Å². The summed E-state index contributed by atoms with van der Waals surface area (Å²) in [6.07, 6.45) is -1.46. The number of anilines is 2. The quantitative estimate of drug-likeness (QED) is 0.135. The number of carbonyl (C=O) groups is 2. The van der Waals surface area contributed by atoms with Gasteiger partial charge >= 0.3 is 6.18 Å². The van der Waals surface area contributed by atoms with E-state index in [2.05, 4.69) is 25.6 Å². The lowest BCUT2D eigenvalue weighted by Gasteiger charge is -2.21. The largest absolute Gasteiger partial charge is 0.416 e. The standard InChI is InChI=1S/C29H34F3N9O2/c30-29(31,32)20-7-5-18(6-8-20)13-25(27(43)38-21-14-19-3-1-2-4-24(19)36-16-21)40-26(42)23(35)15-22-17-37-28(39-22)41(11-9-33)12-10-34/h1-8,14,16-17,23,25H,9-13,15,33-35H2,(H,37,39)(H,38,43)(H,40,42)/t23-,25-/m0/s1. The number of hydrogen-bond donors (Lipinski definition) is 6. The number of aromatic amines is 1. The Hall–Kier alpha value is -4.53. The summed E-state index contributed by atoms with van der Waals surface area (Å²) in [5.74, 6) is -0.664. The van der Waals surface area contributed by atoms with Crippen molar-refractivity contribution >= 4 is 34.4 Å². The predicted octanol–water partition coefficient (Wildman–Crippen LogP) is 1.94. The monoisotopic (exact) mass is 597 g/mol. The third kappa shape index (κ3) is 8.50. The lowest BCUT2D eigenvalue weighted by Crippen LogP contribution is -2.51. The summed E-state index contributed by atoms with van der Waals surface area (Å²) in [5, 5.41) is 6.20. The molecule has 0 unspecified atom stereocenters. The van der Waals surface area contributed by atoms with Crippen LogP contribution in [0.25, 0.3) is 10.9 Å². The number of para-hydroxylation sites is 1. The molecule has 0 bridgehead atoms. The molecule has 9 N–H and O–H groups in total. The van der Waals surface area contributed by atoms with Crippen LogP contribution in [-0.2, 0) is 28.6 Å². The first-order valence-electron chi connectivity index (χ1n) is 13.6. The van der Waals surface area contributed by atoms with Crippen molar-refractivity contribution in [3.8, 4) is 0 Å². The Bertz CT molecular complexity index is 1520. The molecule has 228 valence electrons. The molecule has 2 amide bonds. The molecule has 2 aromatic carbocycles. The average molecular weight is 598 g/mol. The fourth-order valence-corrected chi connectivity index (χ4v) is 4.50. The van der Waals surface area contributed by atoms with Gasteiger partial charge in [0.2, 0.25) is 17.8 Å². The van der Waals surface area contributed by atoms with E-state index >= 15 is 0 Å². The molecule has 0 aliphatic heterocycles. The van der Waals surface area contributed by atoms with E-state index in [1.807, 2.05) is 29.2 Å². The number of benzene rings is 2. The lowest BCUT2D eigenvalue weighted by molar-refractivity contribution is -0.137. The molecular weight excluding hydrogens is 563 g/mol. The Balaban J connectivity index is 1.49. The number of nitrogens with zero attached hydrogens (tertiary/aromatic N) is 3. The third-order valence-corrected chi connectivity index (χ3v) is 6.70. The smallest absolute Gasteiger partial charge is 0.343 e. The fraction of sp³-hybridized carbons (Fsp3) is 0.310. The van der Waals surface area contributed by atoms with Crippen LogP contribution in [-0.4, -0.2) is 65.0 Å². The van der Waals surface area contributed by atoms with Gasteiger partial charge in [-0.3, -0.25) is 14.6 Å². The van der Waals surface area contributed by atoms with E-state index in [-0.39, 0.29) is 12.8 Å². The van der Waals surface area contributed by atoms with Crippen LogP contribution < -0.4 is 32.7 Å². The Labute approximate surface area is 246 Å². The molecule has 0 aliphatic carbocycles. The van der Waals surface area contributed by atoms with Crippen LogP contribution in [0.15, 0.2) is 67.0 Å². The van der Waals surface area contributed by atoms with Crippen molar-refractivity contribution < 1.29 is 22.8 Å². The van der Waals surface area contributed by atoms with Gasteiger partial charge in [0, 0.05) is 50.1 Å². The Kier molecular flexibility index (Phi) is 10.3. The number of H-pyrrole nitrogens is 1. The second-order valence-corrected chi connectivity index (χ2v) is 9.97. The van der Waals surface area contributed by atoms with E-state index in [0.29, 0.717) is 49.1 Å². The number of rotatable bonds is 13. The zero-order valence-corrected chi connectivity index (χ0v) is 23.3. The zero-order valence-electron chi connectivity index (χ0n) is 23.3. The van der Waals surface area contributed by atoms with E-state index in [1.165, 1.54) is 18.3 Å². The van der Waals surface area contributed by atoms with Gasteiger partial charge < -0.3 is 37.7 Å². The summed E-state index contributed by atoms with van der Waals surface area (Å²) in [6.45, 7) is 1.86. The molecule has 0 fully saturated rings. The van der Waals surface area contributed by atoms with Crippen LogP contribution in [0.4, 0.5) is 24.8 Å². The first kappa shape index (κ1) is 31.4. The van der Waals surface area contributed by atoms with Gasteiger partial charge in [-0.1, -0.05) is 30.3 Å². The summed E-state index contributed by atoms with van der Waals surface area (Å²) in [7, 11) is 0. The second kappa shape index (κ2) is 14.1. The first-order chi connectivity index (χ1) is 20.6. The van der Waals surface area contributed by atoms with Gasteiger partial charge in [0.1, 0.15) is 6.04 Å². The Morgan fingerprint density at radius 3 is 2.30 bits per heavy atom. The molecule has 14 heteroatoms. The van der Waals surface area contributed by atoms with Gasteiger partial charge in [-0.2, -0.15) is 13.2 Å². The van der Waals surface area contributed by atoms with Crippen LogP contribution in [0.2, 0.25) is 0 Å². The molecule has 4 aromatic rings. The molecule has 2 heterocycles. The van der Waals surface area contributed by atoms with Crippen LogP contribution in [0.1, 0.15) is 16.8 Å². The molecular formula is C29H34F3N9O2. The predicted molar refractivity (Wildman–Crippen MR) is 158 cm³/mol. The maximum atomic E-state index is 13.4. The summed E-state index contributed by atoms with van der Waals surface area (Å²) in [6, 6.07) is 11.3. The minimum absolute atomic E-state index is 0.0786. The van der Waals surface area contributed by atoms with Crippen LogP contribution >= 0.6 is 0 Å². The van der Waals surface area contributed by atoms with E-state index in [0.717, 1.165) is 23.0 Å². The van der Waals surface area contributed by atoms with E-state index < -0.39 is 35.6 Å². The fourth-order valence-electron chi connectivity index (χ4n) is 4.50. The molecule has 0 aliphatic rings. The number of carbonyl (C=O) groups excluding carboxylic acids is 2. The molecule has 4 rings (SSSR count). The van der Waals surface area contributed by atoms with Gasteiger partial charge in [0.05, 0.1) is 35.2 Å². The lowest BCUT2D eigenvalue weighted by atomic mass is 10.0. The minimum atomic E-state index is -4.50. The first-order valence-corrected chi connectivity index (χ1v) is 13.6. The number of imidazole rings is 1. The van der Waals surface area contributed by atoms with Crippen LogP contribution in [0.3, 0.4) is 0 Å². The number of hydrogen-bond acceptors (Lipinski definition) is 8. The van der Waals surface area contributed by atoms with Crippen LogP contribution in [0.5, 0.6) is 0 Å². The van der Waals surface area contributed by atoms with Gasteiger partial charge in [0.15, 0.2) is 0 Å². The summed E-state index contributed by atoms with van der Waals surface area (Å²) in [5.41, 5.74) is 18.8. The van der Waals surface area contributed by atoms with Crippen molar-refractivity contribution in [1.29, 1.82) is 0 Å².